The monoisotopic (exact) mass is 513 g/mol. The van der Waals surface area contributed by atoms with Crippen LogP contribution in [0.5, 0.6) is 11.5 Å². The molecule has 0 aliphatic rings. The number of nitrogens with one attached hydrogen (secondary N) is 1. The fraction of sp³-hybridized carbons (Fsp3) is 0.367. The van der Waals surface area contributed by atoms with E-state index in [2.05, 4.69) is 18.5 Å². The third-order valence-corrected chi connectivity index (χ3v) is 4.23. The highest BCUT2D eigenvalue weighted by molar-refractivity contribution is 5.64. The van der Waals surface area contributed by atoms with E-state index in [-0.39, 0.29) is 6.04 Å². The minimum Gasteiger partial charge on any atom is -0.488 e. The van der Waals surface area contributed by atoms with Crippen LogP contribution in [0.4, 0.5) is 4.79 Å². The summed E-state index contributed by atoms with van der Waals surface area (Å²) >= 11 is 0. The lowest BCUT2D eigenvalue weighted by molar-refractivity contribution is 0.194. The molecule has 0 aliphatic carbocycles. The molecule has 0 aromatic heterocycles. The van der Waals surface area contributed by atoms with Crippen molar-refractivity contribution >= 4 is 6.09 Å². The SMILES string of the molecule is C=C/C=C(\C=C)COc1cccc(OCc2ccccc2)c1C(C)N.CC.CCCNC(=O)O.CCN. The summed E-state index contributed by atoms with van der Waals surface area (Å²) in [6.07, 6.45) is 5.25. The van der Waals surface area contributed by atoms with Crippen LogP contribution in [0.2, 0.25) is 0 Å². The molecule has 0 radical (unpaired) electrons. The van der Waals surface area contributed by atoms with Crippen molar-refractivity contribution in [3.05, 3.63) is 96.6 Å². The maximum absolute atomic E-state index is 9.65. The van der Waals surface area contributed by atoms with Crippen LogP contribution in [0.15, 0.2) is 85.5 Å². The van der Waals surface area contributed by atoms with Crippen molar-refractivity contribution in [2.75, 3.05) is 19.7 Å². The molecule has 0 saturated carbocycles. The molecule has 1 unspecified atom stereocenters. The van der Waals surface area contributed by atoms with Gasteiger partial charge in [0, 0.05) is 12.6 Å². The fourth-order valence-electron chi connectivity index (χ4n) is 2.68. The van der Waals surface area contributed by atoms with Crippen molar-refractivity contribution < 1.29 is 19.4 Å². The summed E-state index contributed by atoms with van der Waals surface area (Å²) in [7, 11) is 0. The molecule has 0 bridgehead atoms. The van der Waals surface area contributed by atoms with Gasteiger partial charge in [-0.3, -0.25) is 0 Å². The highest BCUT2D eigenvalue weighted by atomic mass is 16.5. The zero-order valence-corrected chi connectivity index (χ0v) is 23.2. The molecule has 0 heterocycles. The number of ether oxygens (including phenoxy) is 2. The molecule has 1 amide bonds. The van der Waals surface area contributed by atoms with Gasteiger partial charge in [-0.25, -0.2) is 4.79 Å². The number of hydrogen-bond acceptors (Lipinski definition) is 5. The molecule has 0 fully saturated rings. The maximum atomic E-state index is 9.65. The molecule has 7 heteroatoms. The number of carbonyl (C=O) groups is 1. The van der Waals surface area contributed by atoms with Crippen molar-refractivity contribution in [2.24, 2.45) is 11.5 Å². The van der Waals surface area contributed by atoms with Crippen molar-refractivity contribution in [3.63, 3.8) is 0 Å². The summed E-state index contributed by atoms with van der Waals surface area (Å²) in [6.45, 7) is 19.4. The third kappa shape index (κ3) is 17.5. The van der Waals surface area contributed by atoms with Gasteiger partial charge in [-0.15, -0.1) is 0 Å². The molecule has 2 aromatic rings. The third-order valence-electron chi connectivity index (χ3n) is 4.23. The molecule has 206 valence electrons. The number of nitrogens with two attached hydrogens (primary N) is 2. The summed E-state index contributed by atoms with van der Waals surface area (Å²) in [4.78, 5) is 9.65. The van der Waals surface area contributed by atoms with Crippen LogP contribution >= 0.6 is 0 Å². The molecule has 37 heavy (non-hydrogen) atoms. The van der Waals surface area contributed by atoms with E-state index in [1.807, 2.05) is 89.2 Å². The average Bonchev–Trinajstić information content (AvgIpc) is 2.91. The summed E-state index contributed by atoms with van der Waals surface area (Å²) in [5.74, 6) is 1.46. The molecular formula is C30H47N3O4. The van der Waals surface area contributed by atoms with Crippen molar-refractivity contribution in [2.45, 2.75) is 53.7 Å². The Balaban J connectivity index is 0. The van der Waals surface area contributed by atoms with E-state index in [1.54, 1.807) is 12.2 Å². The second kappa shape index (κ2) is 24.2. The zero-order valence-electron chi connectivity index (χ0n) is 23.2. The van der Waals surface area contributed by atoms with Crippen LogP contribution in [0, 0.1) is 0 Å². The van der Waals surface area contributed by atoms with Gasteiger partial charge >= 0.3 is 6.09 Å². The number of amides is 1. The Hall–Kier alpha value is -3.55. The highest BCUT2D eigenvalue weighted by Crippen LogP contribution is 2.33. The quantitative estimate of drug-likeness (QED) is 0.251. The average molecular weight is 514 g/mol. The summed E-state index contributed by atoms with van der Waals surface area (Å²) in [5.41, 5.74) is 13.9. The predicted molar refractivity (Wildman–Crippen MR) is 156 cm³/mol. The Kier molecular flexibility index (Phi) is 23.3. The van der Waals surface area contributed by atoms with Crippen molar-refractivity contribution in [1.29, 1.82) is 0 Å². The zero-order chi connectivity index (χ0) is 28.5. The molecule has 0 saturated heterocycles. The normalized spacial score (nSPS) is 10.5. The summed E-state index contributed by atoms with van der Waals surface area (Å²) in [6, 6.07) is 15.6. The summed E-state index contributed by atoms with van der Waals surface area (Å²) < 4.78 is 11.9. The lowest BCUT2D eigenvalue weighted by atomic mass is 10.1. The Bertz CT molecular complexity index is 897. The lowest BCUT2D eigenvalue weighted by Gasteiger charge is -2.19. The van der Waals surface area contributed by atoms with E-state index >= 15 is 0 Å². The van der Waals surface area contributed by atoms with E-state index < -0.39 is 6.09 Å². The molecule has 1 atom stereocenters. The fourth-order valence-corrected chi connectivity index (χ4v) is 2.68. The number of rotatable bonds is 11. The molecule has 0 spiro atoms. The van der Waals surface area contributed by atoms with Gasteiger partial charge in [-0.05, 0) is 43.2 Å². The van der Waals surface area contributed by atoms with Gasteiger partial charge < -0.3 is 31.4 Å². The predicted octanol–water partition coefficient (Wildman–Crippen LogP) is 6.62. The first-order valence-corrected chi connectivity index (χ1v) is 12.6. The van der Waals surface area contributed by atoms with E-state index in [0.717, 1.165) is 41.2 Å². The van der Waals surface area contributed by atoms with Crippen LogP contribution in [0.3, 0.4) is 0 Å². The molecule has 6 N–H and O–H groups in total. The topological polar surface area (TPSA) is 120 Å². The van der Waals surface area contributed by atoms with E-state index in [0.29, 0.717) is 19.8 Å². The number of benzene rings is 2. The van der Waals surface area contributed by atoms with Gasteiger partial charge in [0.2, 0.25) is 0 Å². The van der Waals surface area contributed by atoms with Crippen LogP contribution in [0.25, 0.3) is 0 Å². The number of hydrogen-bond donors (Lipinski definition) is 4. The standard InChI is InChI=1S/C22H25NO2.C4H9NO2.C2H7N.C2H6/c1-4-10-18(5-2)15-24-20-13-9-14-21(22(20)17(3)23)25-16-19-11-7-6-8-12-19;1-2-3-5-4(6)7;1-2-3;1-2/h4-14,17H,1-2,15-16,23H2,3H3;5H,2-3H2,1H3,(H,6,7);2-3H2,1H3;1-2H3/b18-10+;;;. The molecular weight excluding hydrogens is 466 g/mol. The van der Waals surface area contributed by atoms with Gasteiger partial charge in [0.1, 0.15) is 24.7 Å². The van der Waals surface area contributed by atoms with Crippen LogP contribution in [-0.4, -0.2) is 30.9 Å². The second-order valence-corrected chi connectivity index (χ2v) is 7.34. The minimum atomic E-state index is -0.943. The Morgan fingerprint density at radius 1 is 1.05 bits per heavy atom. The second-order valence-electron chi connectivity index (χ2n) is 7.34. The first-order chi connectivity index (χ1) is 17.8. The van der Waals surface area contributed by atoms with Crippen LogP contribution < -0.4 is 26.3 Å². The number of carboxylic acid groups (broad SMARTS) is 1. The van der Waals surface area contributed by atoms with Crippen molar-refractivity contribution in [3.8, 4) is 11.5 Å². The Morgan fingerprint density at radius 3 is 2.05 bits per heavy atom. The molecule has 2 aromatic carbocycles. The van der Waals surface area contributed by atoms with E-state index in [1.165, 1.54) is 0 Å². The Morgan fingerprint density at radius 2 is 1.62 bits per heavy atom. The van der Waals surface area contributed by atoms with Crippen molar-refractivity contribution in [1.82, 2.24) is 5.32 Å². The minimum absolute atomic E-state index is 0.211. The van der Waals surface area contributed by atoms with Gasteiger partial charge in [-0.2, -0.15) is 0 Å². The van der Waals surface area contributed by atoms with Gasteiger partial charge in [0.15, 0.2) is 0 Å². The largest absolute Gasteiger partial charge is 0.488 e. The lowest BCUT2D eigenvalue weighted by Crippen LogP contribution is -2.20. The molecule has 7 nitrogen and oxygen atoms in total. The Labute approximate surface area is 223 Å². The van der Waals surface area contributed by atoms with Crippen LogP contribution in [-0.2, 0) is 6.61 Å². The first-order valence-electron chi connectivity index (χ1n) is 12.6. The van der Waals surface area contributed by atoms with Gasteiger partial charge in [0.25, 0.3) is 0 Å². The van der Waals surface area contributed by atoms with Gasteiger partial charge in [0.05, 0.1) is 5.56 Å². The molecule has 2 rings (SSSR count). The number of allylic oxidation sites excluding steroid dienone is 2. The van der Waals surface area contributed by atoms with Crippen LogP contribution in [0.1, 0.15) is 58.2 Å². The summed E-state index contributed by atoms with van der Waals surface area (Å²) in [5, 5.41) is 10.1. The maximum Gasteiger partial charge on any atom is 0.404 e. The molecule has 0 aliphatic heterocycles. The smallest absolute Gasteiger partial charge is 0.404 e. The van der Waals surface area contributed by atoms with Gasteiger partial charge in [-0.1, -0.05) is 95.5 Å². The van der Waals surface area contributed by atoms with E-state index in [4.69, 9.17) is 26.0 Å². The van der Waals surface area contributed by atoms with E-state index in [9.17, 15) is 4.79 Å². The highest BCUT2D eigenvalue weighted by Gasteiger charge is 2.15. The first kappa shape index (κ1) is 35.6.